The van der Waals surface area contributed by atoms with Crippen LogP contribution >= 0.6 is 0 Å². The van der Waals surface area contributed by atoms with Gasteiger partial charge >= 0.3 is 0 Å². The molecule has 2 rings (SSSR count). The number of sulfonamides is 1. The fraction of sp³-hybridized carbons (Fsp3) is 0.571. The summed E-state index contributed by atoms with van der Waals surface area (Å²) >= 11 is 0. The molecule has 1 fully saturated rings. The third-order valence-electron chi connectivity index (χ3n) is 3.77. The van der Waals surface area contributed by atoms with Crippen molar-refractivity contribution in [3.63, 3.8) is 0 Å². The predicted molar refractivity (Wildman–Crippen MR) is 80.8 cm³/mol. The molecule has 0 aromatic heterocycles. The van der Waals surface area contributed by atoms with Crippen LogP contribution in [0.1, 0.15) is 12.8 Å². The highest BCUT2D eigenvalue weighted by atomic mass is 32.2. The standard InChI is InChI=1S/C14H22N2O4S/c1-16(10-11-5-7-20-8-6-11)21(17,18)12-3-4-14(19-2)13(15)9-12/h3-4,9,11H,5-8,10,15H2,1-2H3. The van der Waals surface area contributed by atoms with Crippen LogP contribution in [-0.2, 0) is 14.8 Å². The van der Waals surface area contributed by atoms with Crippen LogP contribution in [0.2, 0.25) is 0 Å². The largest absolute Gasteiger partial charge is 0.495 e. The highest BCUT2D eigenvalue weighted by Crippen LogP contribution is 2.26. The molecule has 1 heterocycles. The lowest BCUT2D eigenvalue weighted by Crippen LogP contribution is -2.34. The monoisotopic (exact) mass is 314 g/mol. The molecule has 7 heteroatoms. The van der Waals surface area contributed by atoms with Crippen LogP contribution in [0.15, 0.2) is 23.1 Å². The summed E-state index contributed by atoms with van der Waals surface area (Å²) in [5, 5.41) is 0. The summed E-state index contributed by atoms with van der Waals surface area (Å²) in [4.78, 5) is 0.190. The second kappa shape index (κ2) is 6.64. The maximum Gasteiger partial charge on any atom is 0.242 e. The number of anilines is 1. The third kappa shape index (κ3) is 3.66. The Hall–Kier alpha value is -1.31. The smallest absolute Gasteiger partial charge is 0.242 e. The average molecular weight is 314 g/mol. The van der Waals surface area contributed by atoms with Crippen molar-refractivity contribution in [2.24, 2.45) is 5.92 Å². The summed E-state index contributed by atoms with van der Waals surface area (Å²) in [6.07, 6.45) is 1.79. The molecule has 0 amide bonds. The van der Waals surface area contributed by atoms with Gasteiger partial charge in [0, 0.05) is 26.8 Å². The van der Waals surface area contributed by atoms with Gasteiger partial charge in [0.15, 0.2) is 0 Å². The molecule has 1 aliphatic heterocycles. The summed E-state index contributed by atoms with van der Waals surface area (Å²) < 4.78 is 36.8. The number of hydrogen-bond donors (Lipinski definition) is 1. The molecule has 1 saturated heterocycles. The molecule has 0 unspecified atom stereocenters. The predicted octanol–water partition coefficient (Wildman–Crippen LogP) is 1.32. The van der Waals surface area contributed by atoms with Crippen LogP contribution in [-0.4, -0.2) is 46.6 Å². The van der Waals surface area contributed by atoms with Crippen molar-refractivity contribution in [2.75, 3.05) is 39.6 Å². The lowest BCUT2D eigenvalue weighted by Gasteiger charge is -2.26. The Balaban J connectivity index is 2.14. The molecule has 0 saturated carbocycles. The normalized spacial score (nSPS) is 17.1. The van der Waals surface area contributed by atoms with E-state index in [1.807, 2.05) is 0 Å². The minimum absolute atomic E-state index is 0.190. The molecular formula is C14H22N2O4S. The molecule has 1 aliphatic rings. The highest BCUT2D eigenvalue weighted by molar-refractivity contribution is 7.89. The van der Waals surface area contributed by atoms with E-state index in [4.69, 9.17) is 15.2 Å². The second-order valence-corrected chi connectivity index (χ2v) is 7.29. The number of ether oxygens (including phenoxy) is 2. The van der Waals surface area contributed by atoms with E-state index in [1.54, 1.807) is 13.1 Å². The van der Waals surface area contributed by atoms with Crippen molar-refractivity contribution in [3.05, 3.63) is 18.2 Å². The van der Waals surface area contributed by atoms with Gasteiger partial charge in [0.25, 0.3) is 0 Å². The van der Waals surface area contributed by atoms with E-state index < -0.39 is 10.0 Å². The first kappa shape index (κ1) is 16.1. The van der Waals surface area contributed by atoms with Crippen LogP contribution in [0.25, 0.3) is 0 Å². The van der Waals surface area contributed by atoms with E-state index in [9.17, 15) is 8.42 Å². The molecular weight excluding hydrogens is 292 g/mol. The van der Waals surface area contributed by atoms with Crippen molar-refractivity contribution in [1.82, 2.24) is 4.31 Å². The second-order valence-electron chi connectivity index (χ2n) is 5.25. The Kier molecular flexibility index (Phi) is 5.08. The van der Waals surface area contributed by atoms with E-state index in [0.717, 1.165) is 12.8 Å². The van der Waals surface area contributed by atoms with Gasteiger partial charge in [-0.1, -0.05) is 0 Å². The van der Waals surface area contributed by atoms with Crippen molar-refractivity contribution >= 4 is 15.7 Å². The zero-order chi connectivity index (χ0) is 15.5. The molecule has 1 aromatic rings. The fourth-order valence-corrected chi connectivity index (χ4v) is 3.73. The van der Waals surface area contributed by atoms with Gasteiger partial charge in [-0.25, -0.2) is 12.7 Å². The van der Waals surface area contributed by atoms with Gasteiger partial charge in [-0.2, -0.15) is 0 Å². The Bertz CT molecular complexity index is 583. The summed E-state index contributed by atoms with van der Waals surface area (Å²) in [6, 6.07) is 4.53. The highest BCUT2D eigenvalue weighted by Gasteiger charge is 2.25. The maximum absolute atomic E-state index is 12.6. The molecule has 118 valence electrons. The molecule has 0 radical (unpaired) electrons. The van der Waals surface area contributed by atoms with Gasteiger partial charge in [0.05, 0.1) is 17.7 Å². The summed E-state index contributed by atoms with van der Waals surface area (Å²) in [5.74, 6) is 0.815. The number of nitrogen functional groups attached to an aromatic ring is 1. The molecule has 0 atom stereocenters. The van der Waals surface area contributed by atoms with E-state index in [0.29, 0.717) is 37.1 Å². The van der Waals surface area contributed by atoms with E-state index in [2.05, 4.69) is 0 Å². The van der Waals surface area contributed by atoms with Gasteiger partial charge in [-0.3, -0.25) is 0 Å². The van der Waals surface area contributed by atoms with Gasteiger partial charge in [0.2, 0.25) is 10.0 Å². The van der Waals surface area contributed by atoms with Gasteiger partial charge in [-0.15, -0.1) is 0 Å². The van der Waals surface area contributed by atoms with E-state index in [1.165, 1.54) is 23.5 Å². The van der Waals surface area contributed by atoms with Crippen LogP contribution in [0.5, 0.6) is 5.75 Å². The zero-order valence-corrected chi connectivity index (χ0v) is 13.2. The van der Waals surface area contributed by atoms with Crippen LogP contribution in [0.4, 0.5) is 5.69 Å². The molecule has 21 heavy (non-hydrogen) atoms. The lowest BCUT2D eigenvalue weighted by molar-refractivity contribution is 0.0620. The number of methoxy groups -OCH3 is 1. The Morgan fingerprint density at radius 1 is 1.38 bits per heavy atom. The topological polar surface area (TPSA) is 81.9 Å². The van der Waals surface area contributed by atoms with Crippen LogP contribution in [0.3, 0.4) is 0 Å². The SMILES string of the molecule is COc1ccc(S(=O)(=O)N(C)CC2CCOCC2)cc1N. The Morgan fingerprint density at radius 2 is 2.05 bits per heavy atom. The summed E-state index contributed by atoms with van der Waals surface area (Å²) in [6.45, 7) is 1.90. The van der Waals surface area contributed by atoms with Crippen molar-refractivity contribution < 1.29 is 17.9 Å². The molecule has 0 aliphatic carbocycles. The minimum Gasteiger partial charge on any atom is -0.495 e. The molecule has 0 bridgehead atoms. The van der Waals surface area contributed by atoms with Crippen LogP contribution in [0, 0.1) is 5.92 Å². The summed E-state index contributed by atoms with van der Waals surface area (Å²) in [5.41, 5.74) is 6.11. The first-order valence-electron chi connectivity index (χ1n) is 6.92. The number of hydrogen-bond acceptors (Lipinski definition) is 5. The van der Waals surface area contributed by atoms with Crippen molar-refractivity contribution in [1.29, 1.82) is 0 Å². The Labute approximate surface area is 125 Å². The zero-order valence-electron chi connectivity index (χ0n) is 12.4. The fourth-order valence-electron chi connectivity index (χ4n) is 2.44. The van der Waals surface area contributed by atoms with Crippen LogP contribution < -0.4 is 10.5 Å². The molecule has 0 spiro atoms. The van der Waals surface area contributed by atoms with Gasteiger partial charge < -0.3 is 15.2 Å². The number of nitrogens with zero attached hydrogens (tertiary/aromatic N) is 1. The van der Waals surface area contributed by atoms with E-state index >= 15 is 0 Å². The lowest BCUT2D eigenvalue weighted by atomic mass is 10.0. The number of benzene rings is 1. The third-order valence-corrected chi connectivity index (χ3v) is 5.58. The van der Waals surface area contributed by atoms with Gasteiger partial charge in [-0.05, 0) is 37.0 Å². The van der Waals surface area contributed by atoms with Crippen molar-refractivity contribution in [2.45, 2.75) is 17.7 Å². The average Bonchev–Trinajstić information content (AvgIpc) is 2.48. The number of nitrogens with two attached hydrogens (primary N) is 1. The molecule has 2 N–H and O–H groups in total. The molecule has 6 nitrogen and oxygen atoms in total. The molecule has 1 aromatic carbocycles. The quantitative estimate of drug-likeness (QED) is 0.829. The van der Waals surface area contributed by atoms with Gasteiger partial charge in [0.1, 0.15) is 5.75 Å². The van der Waals surface area contributed by atoms with E-state index in [-0.39, 0.29) is 4.90 Å². The first-order valence-corrected chi connectivity index (χ1v) is 8.36. The first-order chi connectivity index (χ1) is 9.95. The van der Waals surface area contributed by atoms with Crippen molar-refractivity contribution in [3.8, 4) is 5.75 Å². The number of rotatable bonds is 5. The Morgan fingerprint density at radius 3 is 2.62 bits per heavy atom. The summed E-state index contributed by atoms with van der Waals surface area (Å²) in [7, 11) is -0.429. The maximum atomic E-state index is 12.6. The minimum atomic E-state index is -3.53.